The van der Waals surface area contributed by atoms with Gasteiger partial charge < -0.3 is 14.2 Å². The molecule has 1 heterocycles. The highest BCUT2D eigenvalue weighted by atomic mass is 19.4. The van der Waals surface area contributed by atoms with Gasteiger partial charge in [0.2, 0.25) is 0 Å². The Bertz CT molecular complexity index is 1120. The number of rotatable bonds is 8. The molecule has 0 N–H and O–H groups in total. The van der Waals surface area contributed by atoms with E-state index in [-0.39, 0.29) is 36.9 Å². The summed E-state index contributed by atoms with van der Waals surface area (Å²) in [7, 11) is 1.40. The second-order valence-corrected chi connectivity index (χ2v) is 8.21. The standard InChI is InChI=1S/C24H25F3N2O6/c1-5-34-21(31)23(2,3)35-18-11-6-15(12-19(18)33-4)13-29-20(30)14-28(22(29)32)17-9-7-16(8-10-17)24(25,26)27/h6-12H,5,13-14H2,1-4H3. The Morgan fingerprint density at radius 2 is 1.69 bits per heavy atom. The largest absolute Gasteiger partial charge is 0.493 e. The van der Waals surface area contributed by atoms with Crippen LogP contribution >= 0.6 is 0 Å². The first-order valence-corrected chi connectivity index (χ1v) is 10.7. The summed E-state index contributed by atoms with van der Waals surface area (Å²) >= 11 is 0. The number of carbonyl (C=O) groups excluding carboxylic acids is 3. The van der Waals surface area contributed by atoms with Crippen molar-refractivity contribution >= 4 is 23.6 Å². The van der Waals surface area contributed by atoms with Crippen LogP contribution in [0.25, 0.3) is 0 Å². The van der Waals surface area contributed by atoms with Gasteiger partial charge in [0.1, 0.15) is 6.54 Å². The van der Waals surface area contributed by atoms with E-state index < -0.39 is 35.2 Å². The van der Waals surface area contributed by atoms with Crippen molar-refractivity contribution in [2.24, 2.45) is 0 Å². The van der Waals surface area contributed by atoms with Crippen LogP contribution in [0.2, 0.25) is 0 Å². The summed E-state index contributed by atoms with van der Waals surface area (Å²) in [6.45, 7) is 4.60. The van der Waals surface area contributed by atoms with Gasteiger partial charge in [-0.2, -0.15) is 13.2 Å². The predicted octanol–water partition coefficient (Wildman–Crippen LogP) is 4.40. The van der Waals surface area contributed by atoms with Crippen molar-refractivity contribution in [2.45, 2.75) is 39.1 Å². The highest BCUT2D eigenvalue weighted by Crippen LogP contribution is 2.34. The van der Waals surface area contributed by atoms with E-state index in [1.165, 1.54) is 7.11 Å². The molecule has 1 aliphatic heterocycles. The van der Waals surface area contributed by atoms with Crippen molar-refractivity contribution in [2.75, 3.05) is 25.2 Å². The average Bonchev–Trinajstić information content (AvgIpc) is 3.07. The third-order valence-electron chi connectivity index (χ3n) is 5.26. The van der Waals surface area contributed by atoms with E-state index in [4.69, 9.17) is 14.2 Å². The topological polar surface area (TPSA) is 85.4 Å². The second kappa shape index (κ2) is 9.85. The lowest BCUT2D eigenvalue weighted by atomic mass is 10.1. The molecule has 0 radical (unpaired) electrons. The van der Waals surface area contributed by atoms with Crippen LogP contribution in [0.4, 0.5) is 23.7 Å². The highest BCUT2D eigenvalue weighted by Gasteiger charge is 2.38. The van der Waals surface area contributed by atoms with Crippen molar-refractivity contribution in [3.8, 4) is 11.5 Å². The molecule has 3 rings (SSSR count). The normalized spacial score (nSPS) is 14.4. The first kappa shape index (κ1) is 25.9. The highest BCUT2D eigenvalue weighted by molar-refractivity contribution is 6.12. The van der Waals surface area contributed by atoms with Crippen LogP contribution in [0, 0.1) is 0 Å². The summed E-state index contributed by atoms with van der Waals surface area (Å²) in [5.41, 5.74) is -1.41. The number of amides is 3. The lowest BCUT2D eigenvalue weighted by Crippen LogP contribution is -2.39. The summed E-state index contributed by atoms with van der Waals surface area (Å²) in [6, 6.07) is 8.09. The molecule has 1 fully saturated rings. The van der Waals surface area contributed by atoms with Gasteiger partial charge in [-0.3, -0.25) is 14.6 Å². The van der Waals surface area contributed by atoms with E-state index in [0.717, 1.165) is 34.1 Å². The third-order valence-corrected chi connectivity index (χ3v) is 5.26. The number of anilines is 1. The zero-order valence-corrected chi connectivity index (χ0v) is 19.6. The summed E-state index contributed by atoms with van der Waals surface area (Å²) in [5, 5.41) is 0. The van der Waals surface area contributed by atoms with Crippen molar-refractivity contribution in [3.05, 3.63) is 53.6 Å². The third kappa shape index (κ3) is 5.67. The minimum absolute atomic E-state index is 0.0906. The van der Waals surface area contributed by atoms with Crippen LogP contribution in [-0.4, -0.2) is 48.7 Å². The molecule has 2 aromatic carbocycles. The molecule has 0 saturated carbocycles. The zero-order valence-electron chi connectivity index (χ0n) is 19.6. The Kier molecular flexibility index (Phi) is 7.27. The first-order valence-electron chi connectivity index (χ1n) is 10.7. The maximum atomic E-state index is 12.8. The van der Waals surface area contributed by atoms with E-state index in [0.29, 0.717) is 5.56 Å². The number of nitrogens with zero attached hydrogens (tertiary/aromatic N) is 2. The number of urea groups is 1. The Morgan fingerprint density at radius 1 is 1.03 bits per heavy atom. The van der Waals surface area contributed by atoms with Crippen LogP contribution in [-0.2, 0) is 27.0 Å². The van der Waals surface area contributed by atoms with Crippen molar-refractivity contribution in [3.63, 3.8) is 0 Å². The Labute approximate surface area is 200 Å². The second-order valence-electron chi connectivity index (χ2n) is 8.21. The van der Waals surface area contributed by atoms with Gasteiger partial charge in [0.25, 0.3) is 5.91 Å². The summed E-state index contributed by atoms with van der Waals surface area (Å²) in [4.78, 5) is 39.6. The number of hydrogen-bond acceptors (Lipinski definition) is 6. The quantitative estimate of drug-likeness (QED) is 0.400. The van der Waals surface area contributed by atoms with Gasteiger partial charge in [0.05, 0.1) is 25.8 Å². The number of benzene rings is 2. The van der Waals surface area contributed by atoms with E-state index in [1.54, 1.807) is 39.0 Å². The lowest BCUT2D eigenvalue weighted by Gasteiger charge is -2.25. The average molecular weight is 494 g/mol. The van der Waals surface area contributed by atoms with Crippen LogP contribution in [0.1, 0.15) is 31.9 Å². The minimum atomic E-state index is -4.50. The Balaban J connectivity index is 1.76. The molecular weight excluding hydrogens is 469 g/mol. The fraction of sp³-hybridized carbons (Fsp3) is 0.375. The lowest BCUT2D eigenvalue weighted by molar-refractivity contribution is -0.158. The summed E-state index contributed by atoms with van der Waals surface area (Å²) < 4.78 is 54.6. The molecule has 35 heavy (non-hydrogen) atoms. The van der Waals surface area contributed by atoms with Gasteiger partial charge in [-0.05, 0) is 62.7 Å². The molecular formula is C24H25F3N2O6. The molecule has 8 nitrogen and oxygen atoms in total. The number of halogens is 3. The number of esters is 1. The van der Waals surface area contributed by atoms with E-state index in [2.05, 4.69) is 0 Å². The summed E-state index contributed by atoms with van der Waals surface area (Å²) in [6.07, 6.45) is -4.50. The number of alkyl halides is 3. The molecule has 1 aliphatic rings. The van der Waals surface area contributed by atoms with Gasteiger partial charge >= 0.3 is 18.2 Å². The van der Waals surface area contributed by atoms with Gasteiger partial charge in [0, 0.05) is 5.69 Å². The Hall–Kier alpha value is -3.76. The molecule has 0 unspecified atom stereocenters. The number of hydrogen-bond donors (Lipinski definition) is 0. The summed E-state index contributed by atoms with van der Waals surface area (Å²) in [5.74, 6) is -0.515. The van der Waals surface area contributed by atoms with Crippen LogP contribution in [0.5, 0.6) is 11.5 Å². The molecule has 1 saturated heterocycles. The number of methoxy groups -OCH3 is 1. The van der Waals surface area contributed by atoms with E-state index >= 15 is 0 Å². The molecule has 0 spiro atoms. The van der Waals surface area contributed by atoms with Gasteiger partial charge in [-0.1, -0.05) is 6.07 Å². The van der Waals surface area contributed by atoms with Gasteiger partial charge in [0.15, 0.2) is 17.1 Å². The first-order chi connectivity index (χ1) is 16.4. The fourth-order valence-electron chi connectivity index (χ4n) is 3.43. The van der Waals surface area contributed by atoms with Crippen molar-refractivity contribution in [1.29, 1.82) is 0 Å². The maximum absolute atomic E-state index is 12.8. The van der Waals surface area contributed by atoms with Crippen LogP contribution < -0.4 is 14.4 Å². The SMILES string of the molecule is CCOC(=O)C(C)(C)Oc1ccc(CN2C(=O)CN(c3ccc(C(F)(F)F)cc3)C2=O)cc1OC. The zero-order chi connectivity index (χ0) is 26.0. The van der Waals surface area contributed by atoms with E-state index in [9.17, 15) is 27.6 Å². The van der Waals surface area contributed by atoms with Crippen molar-refractivity contribution in [1.82, 2.24) is 4.90 Å². The molecule has 0 bridgehead atoms. The van der Waals surface area contributed by atoms with Crippen molar-refractivity contribution < 1.29 is 41.8 Å². The predicted molar refractivity (Wildman–Crippen MR) is 119 cm³/mol. The molecule has 0 aromatic heterocycles. The number of ether oxygens (including phenoxy) is 3. The molecule has 2 aromatic rings. The van der Waals surface area contributed by atoms with Crippen LogP contribution in [0.3, 0.4) is 0 Å². The fourth-order valence-corrected chi connectivity index (χ4v) is 3.43. The number of carbonyl (C=O) groups is 3. The molecule has 11 heteroatoms. The monoisotopic (exact) mass is 494 g/mol. The van der Waals surface area contributed by atoms with Gasteiger partial charge in [-0.25, -0.2) is 9.59 Å². The van der Waals surface area contributed by atoms with E-state index in [1.807, 2.05) is 0 Å². The smallest absolute Gasteiger partial charge is 0.416 e. The molecule has 0 atom stereocenters. The molecule has 3 amide bonds. The minimum Gasteiger partial charge on any atom is -0.493 e. The number of imide groups is 1. The maximum Gasteiger partial charge on any atom is 0.416 e. The van der Waals surface area contributed by atoms with Gasteiger partial charge in [-0.15, -0.1) is 0 Å². The van der Waals surface area contributed by atoms with Crippen LogP contribution in [0.15, 0.2) is 42.5 Å². The molecule has 188 valence electrons. The molecule has 0 aliphatic carbocycles. The Morgan fingerprint density at radius 3 is 2.26 bits per heavy atom.